The van der Waals surface area contributed by atoms with Crippen LogP contribution in [0.15, 0.2) is 23.6 Å². The maximum absolute atomic E-state index is 13.0. The zero-order valence-corrected chi connectivity index (χ0v) is 21.4. The van der Waals surface area contributed by atoms with Gasteiger partial charge in [-0.05, 0) is 107 Å². The monoisotopic (exact) mass is 465 g/mol. The highest BCUT2D eigenvalue weighted by Gasteiger charge is 2.28. The van der Waals surface area contributed by atoms with Gasteiger partial charge in [0.2, 0.25) is 0 Å². The van der Waals surface area contributed by atoms with Gasteiger partial charge in [-0.25, -0.2) is 0 Å². The number of thiophene rings is 1. The number of anilines is 1. The summed E-state index contributed by atoms with van der Waals surface area (Å²) in [5.74, 6) is 0.561. The van der Waals surface area contributed by atoms with Gasteiger partial charge in [0.25, 0.3) is 0 Å². The molecule has 0 spiro atoms. The summed E-state index contributed by atoms with van der Waals surface area (Å²) in [6.45, 7) is 13.4. The molecular formula is C24H39N3O2S2. The van der Waals surface area contributed by atoms with Crippen LogP contribution >= 0.6 is 11.3 Å². The fourth-order valence-electron chi connectivity index (χ4n) is 4.83. The average Bonchev–Trinajstić information content (AvgIpc) is 3.10. The van der Waals surface area contributed by atoms with Crippen molar-refractivity contribution in [2.45, 2.75) is 84.7 Å². The Morgan fingerprint density at radius 2 is 1.81 bits per heavy atom. The van der Waals surface area contributed by atoms with Crippen molar-refractivity contribution < 1.29 is 8.42 Å². The van der Waals surface area contributed by atoms with Crippen molar-refractivity contribution in [3.8, 4) is 0 Å². The van der Waals surface area contributed by atoms with Gasteiger partial charge in [-0.3, -0.25) is 4.72 Å². The highest BCUT2D eigenvalue weighted by Crippen LogP contribution is 2.38. The van der Waals surface area contributed by atoms with Crippen LogP contribution in [-0.2, 0) is 10.2 Å². The van der Waals surface area contributed by atoms with Crippen LogP contribution in [0.5, 0.6) is 0 Å². The number of nitrogens with one attached hydrogen (secondary N) is 1. The van der Waals surface area contributed by atoms with Crippen molar-refractivity contribution in [2.24, 2.45) is 0 Å². The summed E-state index contributed by atoms with van der Waals surface area (Å²) in [4.78, 5) is 2.60. The maximum Gasteiger partial charge on any atom is 0.302 e. The van der Waals surface area contributed by atoms with Crippen molar-refractivity contribution in [1.29, 1.82) is 0 Å². The van der Waals surface area contributed by atoms with Crippen molar-refractivity contribution in [3.63, 3.8) is 0 Å². The standard InChI is InChI=1S/C24H39N3O2S2/c1-6-7-8-13-26-14-11-20(12-15-26)23-17-30-24-10-9-21(16-22(23)24)25-31(28,29)27(18(2)3)19(4)5/h9-10,16-20,25H,6-8,11-15H2,1-5H3. The first-order chi connectivity index (χ1) is 14.7. The van der Waals surface area contributed by atoms with Crippen LogP contribution in [0.3, 0.4) is 0 Å². The van der Waals surface area contributed by atoms with Crippen LogP contribution in [0.1, 0.15) is 78.2 Å². The van der Waals surface area contributed by atoms with Gasteiger partial charge in [0.05, 0.1) is 5.69 Å². The summed E-state index contributed by atoms with van der Waals surface area (Å²) >= 11 is 1.77. The van der Waals surface area contributed by atoms with E-state index in [4.69, 9.17) is 0 Å². The molecular weight excluding hydrogens is 426 g/mol. The summed E-state index contributed by atoms with van der Waals surface area (Å²) in [5, 5.41) is 3.49. The van der Waals surface area contributed by atoms with Crippen molar-refractivity contribution in [3.05, 3.63) is 29.1 Å². The van der Waals surface area contributed by atoms with E-state index in [1.54, 1.807) is 11.3 Å². The van der Waals surface area contributed by atoms with E-state index in [9.17, 15) is 8.42 Å². The van der Waals surface area contributed by atoms with E-state index in [2.05, 4.69) is 28.0 Å². The van der Waals surface area contributed by atoms with Crippen LogP contribution in [0.25, 0.3) is 10.1 Å². The number of fused-ring (bicyclic) bond motifs is 1. The molecule has 0 radical (unpaired) electrons. The van der Waals surface area contributed by atoms with Gasteiger partial charge in [-0.2, -0.15) is 12.7 Å². The Balaban J connectivity index is 1.74. The van der Waals surface area contributed by atoms with E-state index < -0.39 is 10.2 Å². The predicted molar refractivity (Wildman–Crippen MR) is 134 cm³/mol. The number of hydrogen-bond donors (Lipinski definition) is 1. The van der Waals surface area contributed by atoms with E-state index in [1.807, 2.05) is 39.8 Å². The Labute approximate surface area is 193 Å². The minimum atomic E-state index is -3.60. The molecule has 174 valence electrons. The zero-order chi connectivity index (χ0) is 22.6. The molecule has 1 N–H and O–H groups in total. The summed E-state index contributed by atoms with van der Waals surface area (Å²) in [6, 6.07) is 5.78. The molecule has 0 amide bonds. The van der Waals surface area contributed by atoms with Gasteiger partial charge in [-0.1, -0.05) is 19.8 Å². The topological polar surface area (TPSA) is 52.7 Å². The average molecular weight is 466 g/mol. The Morgan fingerprint density at radius 3 is 2.42 bits per heavy atom. The third kappa shape index (κ3) is 6.01. The molecule has 7 heteroatoms. The van der Waals surface area contributed by atoms with Crippen LogP contribution in [0, 0.1) is 0 Å². The fourth-order valence-corrected chi connectivity index (χ4v) is 7.50. The number of hydrogen-bond acceptors (Lipinski definition) is 4. The van der Waals surface area contributed by atoms with Crippen LogP contribution in [0.2, 0.25) is 0 Å². The molecule has 5 nitrogen and oxygen atoms in total. The number of piperidine rings is 1. The van der Waals surface area contributed by atoms with Crippen molar-refractivity contribution >= 4 is 37.3 Å². The van der Waals surface area contributed by atoms with Gasteiger partial charge in [0, 0.05) is 16.8 Å². The third-order valence-electron chi connectivity index (χ3n) is 6.25. The molecule has 31 heavy (non-hydrogen) atoms. The summed E-state index contributed by atoms with van der Waals surface area (Å²) < 4.78 is 31.6. The normalized spacial score (nSPS) is 16.8. The Hall–Kier alpha value is -1.15. The molecule has 1 fully saturated rings. The van der Waals surface area contributed by atoms with Gasteiger partial charge in [0.1, 0.15) is 0 Å². The maximum atomic E-state index is 13.0. The molecule has 1 aromatic heterocycles. The molecule has 1 aliphatic rings. The lowest BCUT2D eigenvalue weighted by Gasteiger charge is -2.32. The van der Waals surface area contributed by atoms with Crippen LogP contribution in [-0.4, -0.2) is 49.3 Å². The van der Waals surface area contributed by atoms with Crippen LogP contribution < -0.4 is 4.72 Å². The molecule has 1 aliphatic heterocycles. The summed E-state index contributed by atoms with van der Waals surface area (Å²) in [6.07, 6.45) is 6.26. The minimum Gasteiger partial charge on any atom is -0.303 e. The quantitative estimate of drug-likeness (QED) is 0.435. The second kappa shape index (κ2) is 10.6. The zero-order valence-electron chi connectivity index (χ0n) is 19.7. The first-order valence-corrected chi connectivity index (χ1v) is 14.1. The van der Waals surface area contributed by atoms with E-state index in [0.29, 0.717) is 11.6 Å². The lowest BCUT2D eigenvalue weighted by molar-refractivity contribution is 0.209. The van der Waals surface area contributed by atoms with E-state index >= 15 is 0 Å². The number of benzene rings is 1. The number of rotatable bonds is 10. The first kappa shape index (κ1) is 24.5. The van der Waals surface area contributed by atoms with Gasteiger partial charge < -0.3 is 4.90 Å². The smallest absolute Gasteiger partial charge is 0.302 e. The Bertz CT molecular complexity index is 937. The molecule has 0 bridgehead atoms. The lowest BCUT2D eigenvalue weighted by atomic mass is 9.89. The summed E-state index contributed by atoms with van der Waals surface area (Å²) in [7, 11) is -3.60. The van der Waals surface area contributed by atoms with Gasteiger partial charge in [0.15, 0.2) is 0 Å². The molecule has 0 atom stereocenters. The largest absolute Gasteiger partial charge is 0.303 e. The Kier molecular flexibility index (Phi) is 8.41. The number of nitrogens with zero attached hydrogens (tertiary/aromatic N) is 2. The number of unbranched alkanes of at least 4 members (excludes halogenated alkanes) is 2. The van der Waals surface area contributed by atoms with E-state index in [1.165, 1.54) is 58.6 Å². The predicted octanol–water partition coefficient (Wildman–Crippen LogP) is 6.05. The van der Waals surface area contributed by atoms with E-state index in [0.717, 1.165) is 13.1 Å². The van der Waals surface area contributed by atoms with E-state index in [-0.39, 0.29) is 12.1 Å². The summed E-state index contributed by atoms with van der Waals surface area (Å²) in [5.41, 5.74) is 2.04. The molecule has 0 aliphatic carbocycles. The lowest BCUT2D eigenvalue weighted by Crippen LogP contribution is -2.45. The SMILES string of the molecule is CCCCCN1CCC(c2csc3ccc(NS(=O)(=O)N(C(C)C)C(C)C)cc23)CC1. The molecule has 1 saturated heterocycles. The third-order valence-corrected chi connectivity index (χ3v) is 9.12. The van der Waals surface area contributed by atoms with Gasteiger partial charge >= 0.3 is 10.2 Å². The number of likely N-dealkylation sites (tertiary alicyclic amines) is 1. The fraction of sp³-hybridized carbons (Fsp3) is 0.667. The van der Waals surface area contributed by atoms with Crippen molar-refractivity contribution in [2.75, 3.05) is 24.4 Å². The Morgan fingerprint density at radius 1 is 1.13 bits per heavy atom. The first-order valence-electron chi connectivity index (χ1n) is 11.8. The minimum absolute atomic E-state index is 0.0968. The highest BCUT2D eigenvalue weighted by molar-refractivity contribution is 7.90. The second-order valence-corrected chi connectivity index (χ2v) is 11.8. The van der Waals surface area contributed by atoms with Gasteiger partial charge in [-0.15, -0.1) is 11.3 Å². The van der Waals surface area contributed by atoms with Crippen LogP contribution in [0.4, 0.5) is 5.69 Å². The molecule has 2 heterocycles. The molecule has 3 rings (SSSR count). The molecule has 0 saturated carbocycles. The highest BCUT2D eigenvalue weighted by atomic mass is 32.2. The molecule has 1 aromatic carbocycles. The molecule has 2 aromatic rings. The van der Waals surface area contributed by atoms with Crippen molar-refractivity contribution in [1.82, 2.24) is 9.21 Å². The second-order valence-electron chi connectivity index (χ2n) is 9.35. The molecule has 0 unspecified atom stereocenters.